The fourth-order valence-electron chi connectivity index (χ4n) is 1.86. The van der Waals surface area contributed by atoms with Gasteiger partial charge in [-0.2, -0.15) is 8.42 Å². The molecule has 1 aromatic heterocycles. The standard InChI is InChI=1S/C14H16FN3O2S/c1-18(2)10-11-6-3-4-8-13(11)17-21(19,20)14-12(15)7-5-9-16-14/h3-9,17H,10H2,1-2H3. The quantitative estimate of drug-likeness (QED) is 0.918. The van der Waals surface area contributed by atoms with Gasteiger partial charge in [0.05, 0.1) is 5.69 Å². The summed E-state index contributed by atoms with van der Waals surface area (Å²) in [6.45, 7) is 0.559. The lowest BCUT2D eigenvalue weighted by Gasteiger charge is -2.15. The summed E-state index contributed by atoms with van der Waals surface area (Å²) in [4.78, 5) is 5.51. The molecule has 0 aliphatic rings. The lowest BCUT2D eigenvalue weighted by molar-refractivity contribution is 0.403. The molecule has 0 amide bonds. The number of sulfonamides is 1. The lowest BCUT2D eigenvalue weighted by Crippen LogP contribution is -2.19. The van der Waals surface area contributed by atoms with Crippen molar-refractivity contribution in [1.82, 2.24) is 9.88 Å². The summed E-state index contributed by atoms with van der Waals surface area (Å²) in [5, 5.41) is -0.607. The predicted molar refractivity (Wildman–Crippen MR) is 78.8 cm³/mol. The highest BCUT2D eigenvalue weighted by molar-refractivity contribution is 7.92. The third-order valence-electron chi connectivity index (χ3n) is 2.73. The second-order valence-electron chi connectivity index (χ2n) is 4.79. The second kappa shape index (κ2) is 6.19. The van der Waals surface area contributed by atoms with Gasteiger partial charge in [0.2, 0.25) is 5.03 Å². The van der Waals surface area contributed by atoms with Crippen molar-refractivity contribution >= 4 is 15.7 Å². The molecule has 1 N–H and O–H groups in total. The summed E-state index contributed by atoms with van der Waals surface area (Å²) in [5.41, 5.74) is 1.21. The van der Waals surface area contributed by atoms with E-state index in [2.05, 4.69) is 9.71 Å². The van der Waals surface area contributed by atoms with Crippen molar-refractivity contribution < 1.29 is 12.8 Å². The fraction of sp³-hybridized carbons (Fsp3) is 0.214. The number of nitrogens with zero attached hydrogens (tertiary/aromatic N) is 2. The van der Waals surface area contributed by atoms with Crippen LogP contribution in [0.1, 0.15) is 5.56 Å². The molecular formula is C14H16FN3O2S. The molecular weight excluding hydrogens is 293 g/mol. The second-order valence-corrected chi connectivity index (χ2v) is 6.39. The molecule has 0 spiro atoms. The minimum atomic E-state index is -4.06. The van der Waals surface area contributed by atoms with Gasteiger partial charge in [-0.1, -0.05) is 18.2 Å². The smallest absolute Gasteiger partial charge is 0.282 e. The van der Waals surface area contributed by atoms with Crippen LogP contribution >= 0.6 is 0 Å². The first-order valence-corrected chi connectivity index (χ1v) is 7.74. The molecule has 21 heavy (non-hydrogen) atoms. The van der Waals surface area contributed by atoms with Crippen molar-refractivity contribution in [3.8, 4) is 0 Å². The molecule has 0 aliphatic heterocycles. The van der Waals surface area contributed by atoms with E-state index in [1.165, 1.54) is 12.3 Å². The highest BCUT2D eigenvalue weighted by Crippen LogP contribution is 2.21. The third-order valence-corrected chi connectivity index (χ3v) is 4.03. The van der Waals surface area contributed by atoms with Crippen molar-refractivity contribution in [3.05, 3.63) is 54.0 Å². The van der Waals surface area contributed by atoms with Crippen LogP contribution in [0.2, 0.25) is 0 Å². The average molecular weight is 309 g/mol. The minimum absolute atomic E-state index is 0.413. The molecule has 0 saturated carbocycles. The molecule has 0 aliphatic carbocycles. The van der Waals surface area contributed by atoms with Crippen LogP contribution in [-0.2, 0) is 16.6 Å². The topological polar surface area (TPSA) is 62.3 Å². The molecule has 7 heteroatoms. The zero-order chi connectivity index (χ0) is 15.5. The molecule has 1 heterocycles. The molecule has 5 nitrogen and oxygen atoms in total. The molecule has 0 bridgehead atoms. The van der Waals surface area contributed by atoms with Crippen LogP contribution in [0.3, 0.4) is 0 Å². The van der Waals surface area contributed by atoms with Crippen LogP contribution in [0.5, 0.6) is 0 Å². The first kappa shape index (κ1) is 15.4. The molecule has 112 valence electrons. The molecule has 2 rings (SSSR count). The minimum Gasteiger partial charge on any atom is -0.305 e. The zero-order valence-electron chi connectivity index (χ0n) is 11.7. The van der Waals surface area contributed by atoms with Gasteiger partial charge in [0.1, 0.15) is 0 Å². The number of halogens is 1. The first-order chi connectivity index (χ1) is 9.90. The molecule has 0 radical (unpaired) electrons. The van der Waals surface area contributed by atoms with Gasteiger partial charge in [-0.25, -0.2) is 9.37 Å². The van der Waals surface area contributed by atoms with E-state index in [1.807, 2.05) is 31.1 Å². The Bertz CT molecular complexity index is 733. The Hall–Kier alpha value is -1.99. The van der Waals surface area contributed by atoms with Crippen molar-refractivity contribution in [2.45, 2.75) is 11.6 Å². The van der Waals surface area contributed by atoms with Crippen molar-refractivity contribution in [1.29, 1.82) is 0 Å². The van der Waals surface area contributed by atoms with Crippen LogP contribution in [-0.4, -0.2) is 32.4 Å². The largest absolute Gasteiger partial charge is 0.305 e. The van der Waals surface area contributed by atoms with E-state index < -0.39 is 20.9 Å². The van der Waals surface area contributed by atoms with Gasteiger partial charge in [0.15, 0.2) is 5.82 Å². The van der Waals surface area contributed by atoms with Crippen molar-refractivity contribution in [2.75, 3.05) is 18.8 Å². The van der Waals surface area contributed by atoms with E-state index in [0.29, 0.717) is 12.2 Å². The number of rotatable bonds is 5. The monoisotopic (exact) mass is 309 g/mol. The molecule has 0 unspecified atom stereocenters. The maximum atomic E-state index is 13.6. The summed E-state index contributed by atoms with van der Waals surface area (Å²) in [6, 6.07) is 9.38. The Morgan fingerprint density at radius 3 is 2.57 bits per heavy atom. The number of nitrogens with one attached hydrogen (secondary N) is 1. The zero-order valence-corrected chi connectivity index (χ0v) is 12.6. The predicted octanol–water partition coefficient (Wildman–Crippen LogP) is 2.08. The lowest BCUT2D eigenvalue weighted by atomic mass is 10.2. The third kappa shape index (κ3) is 3.77. The van der Waals surface area contributed by atoms with Crippen molar-refractivity contribution in [3.63, 3.8) is 0 Å². The number of pyridine rings is 1. The van der Waals surface area contributed by atoms with Crippen LogP contribution in [0, 0.1) is 5.82 Å². The summed E-state index contributed by atoms with van der Waals surface area (Å²) < 4.78 is 40.5. The molecule has 0 fully saturated rings. The number of benzene rings is 1. The Morgan fingerprint density at radius 1 is 1.19 bits per heavy atom. The maximum absolute atomic E-state index is 13.6. The van der Waals surface area contributed by atoms with E-state index in [9.17, 15) is 12.8 Å². The van der Waals surface area contributed by atoms with Gasteiger partial charge in [0, 0.05) is 12.7 Å². The van der Waals surface area contributed by atoms with Crippen LogP contribution in [0.15, 0.2) is 47.6 Å². The van der Waals surface area contributed by atoms with E-state index in [-0.39, 0.29) is 0 Å². The molecule has 0 saturated heterocycles. The van der Waals surface area contributed by atoms with E-state index >= 15 is 0 Å². The van der Waals surface area contributed by atoms with Crippen LogP contribution < -0.4 is 4.72 Å². The molecule has 2 aromatic rings. The Kier molecular flexibility index (Phi) is 4.54. The first-order valence-electron chi connectivity index (χ1n) is 6.26. The van der Waals surface area contributed by atoms with Gasteiger partial charge in [-0.05, 0) is 37.9 Å². The summed E-state index contributed by atoms with van der Waals surface area (Å²) >= 11 is 0. The highest BCUT2D eigenvalue weighted by Gasteiger charge is 2.21. The Labute approximate surface area is 123 Å². The van der Waals surface area contributed by atoms with E-state index in [4.69, 9.17) is 0 Å². The number of hydrogen-bond donors (Lipinski definition) is 1. The normalized spacial score (nSPS) is 11.6. The van der Waals surface area contributed by atoms with Crippen molar-refractivity contribution in [2.24, 2.45) is 0 Å². The summed E-state index contributed by atoms with van der Waals surface area (Å²) in [5.74, 6) is -0.880. The SMILES string of the molecule is CN(C)Cc1ccccc1NS(=O)(=O)c1ncccc1F. The number of anilines is 1. The number of para-hydroxylation sites is 1. The Morgan fingerprint density at radius 2 is 1.90 bits per heavy atom. The number of aromatic nitrogens is 1. The van der Waals surface area contributed by atoms with E-state index in [1.54, 1.807) is 12.1 Å². The molecule has 0 atom stereocenters. The van der Waals surface area contributed by atoms with E-state index in [0.717, 1.165) is 11.6 Å². The van der Waals surface area contributed by atoms with Gasteiger partial charge < -0.3 is 4.90 Å². The Balaban J connectivity index is 2.36. The average Bonchev–Trinajstić information content (AvgIpc) is 2.40. The van der Waals surface area contributed by atoms with Crippen LogP contribution in [0.25, 0.3) is 0 Å². The van der Waals surface area contributed by atoms with Gasteiger partial charge in [0.25, 0.3) is 10.0 Å². The van der Waals surface area contributed by atoms with Gasteiger partial charge in [-0.3, -0.25) is 4.72 Å². The van der Waals surface area contributed by atoms with Gasteiger partial charge >= 0.3 is 0 Å². The van der Waals surface area contributed by atoms with Gasteiger partial charge in [-0.15, -0.1) is 0 Å². The highest BCUT2D eigenvalue weighted by atomic mass is 32.2. The summed E-state index contributed by atoms with van der Waals surface area (Å²) in [7, 11) is -0.300. The summed E-state index contributed by atoms with van der Waals surface area (Å²) in [6.07, 6.45) is 1.24. The maximum Gasteiger partial charge on any atom is 0.282 e. The van der Waals surface area contributed by atoms with Crippen LogP contribution in [0.4, 0.5) is 10.1 Å². The number of hydrogen-bond acceptors (Lipinski definition) is 4. The fourth-order valence-corrected chi connectivity index (χ4v) is 2.97. The molecule has 1 aromatic carbocycles.